The maximum absolute atomic E-state index is 11.3. The van der Waals surface area contributed by atoms with Gasteiger partial charge in [0.25, 0.3) is 0 Å². The van der Waals surface area contributed by atoms with E-state index in [4.69, 9.17) is 5.73 Å². The Bertz CT molecular complexity index is 436. The molecule has 1 aromatic rings. The molecular weight excluding hydrogens is 246 g/mol. The van der Waals surface area contributed by atoms with Gasteiger partial charge in [-0.25, -0.2) is 0 Å². The third-order valence-electron chi connectivity index (χ3n) is 2.90. The molecule has 0 aliphatic carbocycles. The highest BCUT2D eigenvalue weighted by Crippen LogP contribution is 2.31. The Labute approximate surface area is 112 Å². The minimum Gasteiger partial charge on any atom is -0.330 e. The van der Waals surface area contributed by atoms with E-state index in [1.165, 1.54) is 5.56 Å². The van der Waals surface area contributed by atoms with Crippen LogP contribution in [0.25, 0.3) is 0 Å². The molecule has 0 aromatic heterocycles. The van der Waals surface area contributed by atoms with Gasteiger partial charge in [-0.2, -0.15) is 0 Å². The molecule has 1 aliphatic rings. The second-order valence-electron chi connectivity index (χ2n) is 4.64. The Morgan fingerprint density at radius 3 is 3.17 bits per heavy atom. The monoisotopic (exact) mass is 265 g/mol. The first-order valence-electron chi connectivity index (χ1n) is 6.15. The summed E-state index contributed by atoms with van der Waals surface area (Å²) in [6.07, 6.45) is 0. The van der Waals surface area contributed by atoms with Gasteiger partial charge in [0.15, 0.2) is 0 Å². The number of anilines is 1. The van der Waals surface area contributed by atoms with Crippen LogP contribution >= 0.6 is 11.8 Å². The van der Waals surface area contributed by atoms with Crippen molar-refractivity contribution in [2.24, 2.45) is 11.7 Å². The SMILES string of the molecule is CC(CN)CNCc1ccc2c(c1)NC(=O)CS2. The molecule has 1 heterocycles. The van der Waals surface area contributed by atoms with Crippen LogP contribution in [0.4, 0.5) is 5.69 Å². The van der Waals surface area contributed by atoms with Crippen molar-refractivity contribution in [3.63, 3.8) is 0 Å². The second-order valence-corrected chi connectivity index (χ2v) is 5.66. The van der Waals surface area contributed by atoms with Crippen LogP contribution in [0.3, 0.4) is 0 Å². The maximum atomic E-state index is 11.3. The smallest absolute Gasteiger partial charge is 0.234 e. The van der Waals surface area contributed by atoms with Gasteiger partial charge in [0.05, 0.1) is 11.4 Å². The zero-order valence-corrected chi connectivity index (χ0v) is 11.3. The predicted molar refractivity (Wildman–Crippen MR) is 75.7 cm³/mol. The summed E-state index contributed by atoms with van der Waals surface area (Å²) >= 11 is 1.59. The lowest BCUT2D eigenvalue weighted by molar-refractivity contribution is -0.113. The average molecular weight is 265 g/mol. The molecule has 0 spiro atoms. The molecule has 98 valence electrons. The first-order chi connectivity index (χ1) is 8.69. The number of hydrogen-bond donors (Lipinski definition) is 3. The predicted octanol–water partition coefficient (Wildman–Crippen LogP) is 1.42. The molecule has 1 aliphatic heterocycles. The van der Waals surface area contributed by atoms with Crippen LogP contribution in [-0.4, -0.2) is 24.7 Å². The highest BCUT2D eigenvalue weighted by molar-refractivity contribution is 8.00. The summed E-state index contributed by atoms with van der Waals surface area (Å²) < 4.78 is 0. The first-order valence-corrected chi connectivity index (χ1v) is 7.14. The number of rotatable bonds is 5. The van der Waals surface area contributed by atoms with Crippen LogP contribution in [0.2, 0.25) is 0 Å². The fourth-order valence-electron chi connectivity index (χ4n) is 1.79. The van der Waals surface area contributed by atoms with Gasteiger partial charge in [-0.15, -0.1) is 11.8 Å². The molecule has 1 aromatic carbocycles. The molecule has 18 heavy (non-hydrogen) atoms. The van der Waals surface area contributed by atoms with Crippen molar-refractivity contribution in [3.8, 4) is 0 Å². The van der Waals surface area contributed by atoms with E-state index in [-0.39, 0.29) is 5.91 Å². The minimum atomic E-state index is 0.0781. The molecule has 0 saturated carbocycles. The van der Waals surface area contributed by atoms with Gasteiger partial charge in [-0.05, 0) is 36.7 Å². The van der Waals surface area contributed by atoms with Gasteiger partial charge in [-0.1, -0.05) is 13.0 Å². The highest BCUT2D eigenvalue weighted by Gasteiger charge is 2.15. The Balaban J connectivity index is 1.94. The van der Waals surface area contributed by atoms with Crippen LogP contribution < -0.4 is 16.4 Å². The molecule has 1 atom stereocenters. The molecule has 1 amide bonds. The Morgan fingerprint density at radius 2 is 2.39 bits per heavy atom. The fraction of sp³-hybridized carbons (Fsp3) is 0.462. The molecule has 0 radical (unpaired) electrons. The summed E-state index contributed by atoms with van der Waals surface area (Å²) in [7, 11) is 0. The third kappa shape index (κ3) is 3.48. The average Bonchev–Trinajstić information content (AvgIpc) is 2.38. The number of thioether (sulfide) groups is 1. The third-order valence-corrected chi connectivity index (χ3v) is 3.97. The van der Waals surface area contributed by atoms with Gasteiger partial charge >= 0.3 is 0 Å². The second kappa shape index (κ2) is 6.22. The van der Waals surface area contributed by atoms with Gasteiger partial charge < -0.3 is 16.4 Å². The summed E-state index contributed by atoms with van der Waals surface area (Å²) in [4.78, 5) is 12.5. The van der Waals surface area contributed by atoms with Gasteiger partial charge in [-0.3, -0.25) is 4.79 Å². The van der Waals surface area contributed by atoms with E-state index < -0.39 is 0 Å². The van der Waals surface area contributed by atoms with Crippen LogP contribution in [0.15, 0.2) is 23.1 Å². The zero-order valence-electron chi connectivity index (χ0n) is 10.5. The quantitative estimate of drug-likeness (QED) is 0.753. The van der Waals surface area contributed by atoms with Gasteiger partial charge in [0.1, 0.15) is 0 Å². The molecule has 4 N–H and O–H groups in total. The normalized spacial score (nSPS) is 16.0. The van der Waals surface area contributed by atoms with E-state index in [9.17, 15) is 4.79 Å². The van der Waals surface area contributed by atoms with E-state index in [1.54, 1.807) is 11.8 Å². The van der Waals surface area contributed by atoms with Gasteiger partial charge in [0, 0.05) is 11.4 Å². The number of hydrogen-bond acceptors (Lipinski definition) is 4. The van der Waals surface area contributed by atoms with Gasteiger partial charge in [0.2, 0.25) is 5.91 Å². The Morgan fingerprint density at radius 1 is 1.56 bits per heavy atom. The molecule has 2 rings (SSSR count). The van der Waals surface area contributed by atoms with Crippen molar-refractivity contribution >= 4 is 23.4 Å². The number of benzene rings is 1. The van der Waals surface area contributed by atoms with E-state index >= 15 is 0 Å². The van der Waals surface area contributed by atoms with Crippen molar-refractivity contribution in [1.29, 1.82) is 0 Å². The number of carbonyl (C=O) groups excluding carboxylic acids is 1. The summed E-state index contributed by atoms with van der Waals surface area (Å²) in [5, 5.41) is 6.27. The summed E-state index contributed by atoms with van der Waals surface area (Å²) in [5.41, 5.74) is 7.68. The summed E-state index contributed by atoms with van der Waals surface area (Å²) in [5.74, 6) is 1.07. The van der Waals surface area contributed by atoms with Crippen LogP contribution in [-0.2, 0) is 11.3 Å². The molecule has 0 saturated heterocycles. The Kier molecular flexibility index (Phi) is 4.63. The lowest BCUT2D eigenvalue weighted by atomic mass is 10.1. The van der Waals surface area contributed by atoms with Crippen molar-refractivity contribution in [2.75, 3.05) is 24.2 Å². The van der Waals surface area contributed by atoms with Crippen LogP contribution in [0, 0.1) is 5.92 Å². The van der Waals surface area contributed by atoms with Crippen molar-refractivity contribution in [2.45, 2.75) is 18.4 Å². The number of fused-ring (bicyclic) bond motifs is 1. The van der Waals surface area contributed by atoms with E-state index in [0.717, 1.165) is 23.7 Å². The maximum Gasteiger partial charge on any atom is 0.234 e. The molecular formula is C13H19N3OS. The largest absolute Gasteiger partial charge is 0.330 e. The number of carbonyl (C=O) groups is 1. The summed E-state index contributed by atoms with van der Waals surface area (Å²) in [6.45, 7) is 4.54. The van der Waals surface area contributed by atoms with E-state index in [2.05, 4.69) is 29.7 Å². The first kappa shape index (κ1) is 13.4. The number of nitrogens with two attached hydrogens (primary N) is 1. The molecule has 5 heteroatoms. The molecule has 0 bridgehead atoms. The number of nitrogens with one attached hydrogen (secondary N) is 2. The topological polar surface area (TPSA) is 67.2 Å². The fourth-order valence-corrected chi connectivity index (χ4v) is 2.57. The number of amides is 1. The van der Waals surface area contributed by atoms with Crippen LogP contribution in [0.5, 0.6) is 0 Å². The standard InChI is InChI=1S/C13H19N3OS/c1-9(5-14)6-15-7-10-2-3-12-11(4-10)16-13(17)8-18-12/h2-4,9,15H,5-8,14H2,1H3,(H,16,17). The molecule has 0 fully saturated rings. The van der Waals surface area contributed by atoms with Crippen molar-refractivity contribution in [3.05, 3.63) is 23.8 Å². The molecule has 1 unspecified atom stereocenters. The highest BCUT2D eigenvalue weighted by atomic mass is 32.2. The Hall–Kier alpha value is -1.04. The van der Waals surface area contributed by atoms with Crippen LogP contribution in [0.1, 0.15) is 12.5 Å². The van der Waals surface area contributed by atoms with E-state index in [0.29, 0.717) is 18.2 Å². The van der Waals surface area contributed by atoms with Crippen molar-refractivity contribution < 1.29 is 4.79 Å². The van der Waals surface area contributed by atoms with Crippen molar-refractivity contribution in [1.82, 2.24) is 5.32 Å². The summed E-state index contributed by atoms with van der Waals surface area (Å²) in [6, 6.07) is 6.21. The lowest BCUT2D eigenvalue weighted by Crippen LogP contribution is -2.26. The molecule has 4 nitrogen and oxygen atoms in total. The van der Waals surface area contributed by atoms with E-state index in [1.807, 2.05) is 6.07 Å². The zero-order chi connectivity index (χ0) is 13.0. The lowest BCUT2D eigenvalue weighted by Gasteiger charge is -2.17. The minimum absolute atomic E-state index is 0.0781.